The van der Waals surface area contributed by atoms with E-state index in [1.807, 2.05) is 40.1 Å². The Bertz CT molecular complexity index is 567. The highest BCUT2D eigenvalue weighted by molar-refractivity contribution is 5.89. The zero-order chi connectivity index (χ0) is 16.9. The summed E-state index contributed by atoms with van der Waals surface area (Å²) in [5, 5.41) is 2.92. The van der Waals surface area contributed by atoms with E-state index in [0.29, 0.717) is 24.9 Å². The lowest BCUT2D eigenvalue weighted by atomic mass is 9.93. The summed E-state index contributed by atoms with van der Waals surface area (Å²) in [5.41, 5.74) is 0.808. The molecule has 0 radical (unpaired) electrons. The summed E-state index contributed by atoms with van der Waals surface area (Å²) in [6.45, 7) is 5.32. The first kappa shape index (κ1) is 16.8. The first-order valence-corrected chi connectivity index (χ1v) is 9.03. The Balaban J connectivity index is 1.48. The summed E-state index contributed by atoms with van der Waals surface area (Å²) in [6.07, 6.45) is 3.88. The van der Waals surface area contributed by atoms with E-state index in [4.69, 9.17) is 0 Å². The number of amides is 3. The fraction of sp³-hybridized carbons (Fsp3) is 0.579. The first-order valence-electron chi connectivity index (χ1n) is 9.03. The Morgan fingerprint density at radius 3 is 2.38 bits per heavy atom. The van der Waals surface area contributed by atoms with E-state index in [1.54, 1.807) is 0 Å². The van der Waals surface area contributed by atoms with Gasteiger partial charge in [0.05, 0.1) is 0 Å². The predicted molar refractivity (Wildman–Crippen MR) is 94.7 cm³/mol. The van der Waals surface area contributed by atoms with Crippen LogP contribution in [0.15, 0.2) is 30.3 Å². The number of benzene rings is 1. The second-order valence-corrected chi connectivity index (χ2v) is 7.09. The number of urea groups is 1. The maximum absolute atomic E-state index is 12.7. The van der Waals surface area contributed by atoms with Crippen LogP contribution >= 0.6 is 0 Å². The van der Waals surface area contributed by atoms with Gasteiger partial charge in [-0.2, -0.15) is 0 Å². The number of carbonyl (C=O) groups excluding carboxylic acids is 2. The Hall–Kier alpha value is -2.04. The number of nitrogens with zero attached hydrogens (tertiary/aromatic N) is 2. The van der Waals surface area contributed by atoms with E-state index in [-0.39, 0.29) is 11.9 Å². The van der Waals surface area contributed by atoms with Gasteiger partial charge in [0.2, 0.25) is 5.91 Å². The lowest BCUT2D eigenvalue weighted by Gasteiger charge is -2.37. The predicted octanol–water partition coefficient (Wildman–Crippen LogP) is 3.19. The summed E-state index contributed by atoms with van der Waals surface area (Å²) in [5.74, 6) is 0.986. The molecule has 1 aromatic rings. The summed E-state index contributed by atoms with van der Waals surface area (Å²) in [7, 11) is 0. The van der Waals surface area contributed by atoms with Crippen LogP contribution in [0.2, 0.25) is 0 Å². The topological polar surface area (TPSA) is 52.7 Å². The number of para-hydroxylation sites is 1. The van der Waals surface area contributed by atoms with Crippen molar-refractivity contribution < 1.29 is 9.59 Å². The maximum atomic E-state index is 12.7. The molecule has 0 unspecified atom stereocenters. The number of piperidine rings is 2. The molecular weight excluding hydrogens is 302 g/mol. The minimum absolute atomic E-state index is 0.0707. The van der Waals surface area contributed by atoms with Crippen molar-refractivity contribution in [2.24, 2.45) is 11.8 Å². The molecule has 5 nitrogen and oxygen atoms in total. The molecule has 130 valence electrons. The molecule has 2 saturated heterocycles. The van der Waals surface area contributed by atoms with Crippen molar-refractivity contribution in [1.82, 2.24) is 9.80 Å². The molecule has 0 spiro atoms. The molecule has 2 heterocycles. The molecule has 1 N–H and O–H groups in total. The minimum atomic E-state index is -0.0707. The van der Waals surface area contributed by atoms with E-state index in [0.717, 1.165) is 38.0 Å². The first-order chi connectivity index (χ1) is 11.6. The van der Waals surface area contributed by atoms with Gasteiger partial charge in [-0.15, -0.1) is 0 Å². The zero-order valence-electron chi connectivity index (χ0n) is 14.4. The number of nitrogens with one attached hydrogen (secondary N) is 1. The molecular formula is C19H27N3O2. The Morgan fingerprint density at radius 2 is 1.71 bits per heavy atom. The second-order valence-electron chi connectivity index (χ2n) is 7.09. The summed E-state index contributed by atoms with van der Waals surface area (Å²) < 4.78 is 0. The largest absolute Gasteiger partial charge is 0.342 e. The van der Waals surface area contributed by atoms with Crippen LogP contribution in [-0.4, -0.2) is 47.9 Å². The van der Waals surface area contributed by atoms with Crippen molar-refractivity contribution in [1.29, 1.82) is 0 Å². The standard InChI is InChI=1S/C19H27N3O2/c1-15-6-5-11-22(14-15)18(23)16-9-12-21(13-10-16)19(24)20-17-7-3-2-4-8-17/h2-4,7-8,15-16H,5-6,9-14H2,1H3,(H,20,24)/t15-/m1/s1. The van der Waals surface area contributed by atoms with Gasteiger partial charge in [0.25, 0.3) is 0 Å². The van der Waals surface area contributed by atoms with Crippen LogP contribution < -0.4 is 5.32 Å². The van der Waals surface area contributed by atoms with E-state index in [9.17, 15) is 9.59 Å². The second kappa shape index (κ2) is 7.69. The maximum Gasteiger partial charge on any atom is 0.321 e. The van der Waals surface area contributed by atoms with Gasteiger partial charge in [0.1, 0.15) is 0 Å². The zero-order valence-corrected chi connectivity index (χ0v) is 14.4. The van der Waals surface area contributed by atoms with Crippen LogP contribution in [0.25, 0.3) is 0 Å². The molecule has 1 atom stereocenters. The van der Waals surface area contributed by atoms with Crippen LogP contribution in [-0.2, 0) is 4.79 Å². The van der Waals surface area contributed by atoms with E-state index in [1.165, 1.54) is 6.42 Å². The van der Waals surface area contributed by atoms with Gasteiger partial charge in [-0.25, -0.2) is 4.79 Å². The molecule has 2 fully saturated rings. The molecule has 5 heteroatoms. The quantitative estimate of drug-likeness (QED) is 0.906. The summed E-state index contributed by atoms with van der Waals surface area (Å²) in [6, 6.07) is 9.42. The van der Waals surface area contributed by atoms with Crippen LogP contribution in [0.4, 0.5) is 10.5 Å². The monoisotopic (exact) mass is 329 g/mol. The number of likely N-dealkylation sites (tertiary alicyclic amines) is 2. The van der Waals surface area contributed by atoms with Crippen molar-refractivity contribution in [3.05, 3.63) is 30.3 Å². The van der Waals surface area contributed by atoms with E-state index < -0.39 is 0 Å². The van der Waals surface area contributed by atoms with Gasteiger partial charge < -0.3 is 15.1 Å². The Morgan fingerprint density at radius 1 is 1.00 bits per heavy atom. The average Bonchev–Trinajstić information content (AvgIpc) is 2.62. The number of hydrogen-bond donors (Lipinski definition) is 1. The van der Waals surface area contributed by atoms with Crippen molar-refractivity contribution in [3.8, 4) is 0 Å². The van der Waals surface area contributed by atoms with Gasteiger partial charge in [0, 0.05) is 37.8 Å². The highest BCUT2D eigenvalue weighted by atomic mass is 16.2. The van der Waals surface area contributed by atoms with Crippen LogP contribution in [0, 0.1) is 11.8 Å². The van der Waals surface area contributed by atoms with Gasteiger partial charge in [-0.1, -0.05) is 25.1 Å². The third-order valence-electron chi connectivity index (χ3n) is 5.13. The molecule has 2 aliphatic heterocycles. The van der Waals surface area contributed by atoms with E-state index in [2.05, 4.69) is 12.2 Å². The number of anilines is 1. The van der Waals surface area contributed by atoms with Gasteiger partial charge >= 0.3 is 6.03 Å². The average molecular weight is 329 g/mol. The minimum Gasteiger partial charge on any atom is -0.342 e. The van der Waals surface area contributed by atoms with Gasteiger partial charge in [-0.3, -0.25) is 4.79 Å². The molecule has 0 aliphatic carbocycles. The molecule has 3 rings (SSSR count). The third-order valence-corrected chi connectivity index (χ3v) is 5.13. The fourth-order valence-electron chi connectivity index (χ4n) is 3.70. The Labute approximate surface area is 144 Å². The smallest absolute Gasteiger partial charge is 0.321 e. The number of carbonyl (C=O) groups is 2. The van der Waals surface area contributed by atoms with Crippen molar-refractivity contribution >= 4 is 17.6 Å². The molecule has 2 aliphatic rings. The summed E-state index contributed by atoms with van der Waals surface area (Å²) in [4.78, 5) is 28.8. The Kier molecular flexibility index (Phi) is 5.38. The van der Waals surface area contributed by atoms with Crippen LogP contribution in [0.1, 0.15) is 32.6 Å². The van der Waals surface area contributed by atoms with Crippen LogP contribution in [0.3, 0.4) is 0 Å². The molecule has 0 aromatic heterocycles. The van der Waals surface area contributed by atoms with Crippen molar-refractivity contribution in [2.45, 2.75) is 32.6 Å². The fourth-order valence-corrected chi connectivity index (χ4v) is 3.70. The van der Waals surface area contributed by atoms with Crippen molar-refractivity contribution in [2.75, 3.05) is 31.5 Å². The number of rotatable bonds is 2. The normalized spacial score (nSPS) is 22.3. The van der Waals surface area contributed by atoms with Crippen LogP contribution in [0.5, 0.6) is 0 Å². The molecule has 0 bridgehead atoms. The molecule has 24 heavy (non-hydrogen) atoms. The highest BCUT2D eigenvalue weighted by Crippen LogP contribution is 2.24. The van der Waals surface area contributed by atoms with Crippen molar-refractivity contribution in [3.63, 3.8) is 0 Å². The molecule has 1 aromatic carbocycles. The lowest BCUT2D eigenvalue weighted by Crippen LogP contribution is -2.47. The SMILES string of the molecule is C[C@@H]1CCCN(C(=O)C2CCN(C(=O)Nc3ccccc3)CC2)C1. The number of hydrogen-bond acceptors (Lipinski definition) is 2. The van der Waals surface area contributed by atoms with E-state index >= 15 is 0 Å². The third kappa shape index (κ3) is 4.08. The highest BCUT2D eigenvalue weighted by Gasteiger charge is 2.31. The van der Waals surface area contributed by atoms with Gasteiger partial charge in [-0.05, 0) is 43.7 Å². The summed E-state index contributed by atoms with van der Waals surface area (Å²) >= 11 is 0. The lowest BCUT2D eigenvalue weighted by molar-refractivity contribution is -0.138. The molecule has 3 amide bonds. The molecule has 0 saturated carbocycles. The van der Waals surface area contributed by atoms with Gasteiger partial charge in [0.15, 0.2) is 0 Å².